The van der Waals surface area contributed by atoms with Crippen LogP contribution in [-0.2, 0) is 5.75 Å². The summed E-state index contributed by atoms with van der Waals surface area (Å²) < 4.78 is 8.00. The lowest BCUT2D eigenvalue weighted by Gasteiger charge is -2.12. The van der Waals surface area contributed by atoms with Crippen LogP contribution < -0.4 is 10.1 Å². The van der Waals surface area contributed by atoms with Gasteiger partial charge in [-0.15, -0.1) is 11.8 Å². The number of aromatic nitrogens is 2. The highest BCUT2D eigenvalue weighted by Crippen LogP contribution is 2.43. The Morgan fingerprint density at radius 2 is 2.21 bits per heavy atom. The molecule has 1 unspecified atom stereocenters. The number of ether oxygens (including phenoxy) is 1. The van der Waals surface area contributed by atoms with Crippen molar-refractivity contribution in [3.05, 3.63) is 77.9 Å². The van der Waals surface area contributed by atoms with Crippen molar-refractivity contribution in [2.45, 2.75) is 31.4 Å². The van der Waals surface area contributed by atoms with Gasteiger partial charge in [-0.3, -0.25) is 9.78 Å². The van der Waals surface area contributed by atoms with E-state index in [0.29, 0.717) is 18.1 Å². The monoisotopic (exact) mass is 407 g/mol. The van der Waals surface area contributed by atoms with Crippen LogP contribution in [0, 0.1) is 5.92 Å². The van der Waals surface area contributed by atoms with Gasteiger partial charge in [0.25, 0.3) is 5.91 Å². The SMILES string of the molecule is CC(C)CCOc1cccc(C(=O)Nc2ccn3c2CSC3c2cccnc2)c1. The van der Waals surface area contributed by atoms with Crippen LogP contribution in [0.5, 0.6) is 5.75 Å². The third-order valence-corrected chi connectivity index (χ3v) is 6.19. The lowest BCUT2D eigenvalue weighted by molar-refractivity contribution is 0.102. The van der Waals surface area contributed by atoms with E-state index in [2.05, 4.69) is 34.8 Å². The Kier molecular flexibility index (Phi) is 5.90. The molecule has 0 saturated heterocycles. The van der Waals surface area contributed by atoms with Gasteiger partial charge in [0.15, 0.2) is 0 Å². The van der Waals surface area contributed by atoms with Crippen LogP contribution >= 0.6 is 11.8 Å². The molecule has 0 saturated carbocycles. The third-order valence-electron chi connectivity index (χ3n) is 4.93. The van der Waals surface area contributed by atoms with E-state index < -0.39 is 0 Å². The quantitative estimate of drug-likeness (QED) is 0.573. The molecule has 0 radical (unpaired) electrons. The van der Waals surface area contributed by atoms with Gasteiger partial charge in [-0.2, -0.15) is 0 Å². The third kappa shape index (κ3) is 4.48. The fourth-order valence-corrected chi connectivity index (χ4v) is 4.63. The number of nitrogens with zero attached hydrogens (tertiary/aromatic N) is 2. The van der Waals surface area contributed by atoms with E-state index in [1.54, 1.807) is 12.3 Å². The number of nitrogens with one attached hydrogen (secondary N) is 1. The van der Waals surface area contributed by atoms with Gasteiger partial charge in [0.1, 0.15) is 11.1 Å². The van der Waals surface area contributed by atoms with E-state index >= 15 is 0 Å². The first-order chi connectivity index (χ1) is 14.1. The number of thioether (sulfide) groups is 1. The topological polar surface area (TPSA) is 56.1 Å². The Bertz CT molecular complexity index is 985. The van der Waals surface area contributed by atoms with Crippen molar-refractivity contribution in [3.8, 4) is 5.75 Å². The minimum Gasteiger partial charge on any atom is -0.494 e. The maximum atomic E-state index is 12.8. The Morgan fingerprint density at radius 3 is 3.00 bits per heavy atom. The molecule has 4 rings (SSSR count). The average molecular weight is 408 g/mol. The normalized spacial score (nSPS) is 15.3. The largest absolute Gasteiger partial charge is 0.494 e. The zero-order chi connectivity index (χ0) is 20.2. The fraction of sp³-hybridized carbons (Fsp3) is 0.304. The number of carbonyl (C=O) groups is 1. The second kappa shape index (κ2) is 8.74. The van der Waals surface area contributed by atoms with E-state index in [1.807, 2.05) is 54.5 Å². The molecule has 0 aliphatic carbocycles. The minimum atomic E-state index is -0.122. The van der Waals surface area contributed by atoms with Gasteiger partial charge >= 0.3 is 0 Å². The summed E-state index contributed by atoms with van der Waals surface area (Å²) in [6, 6.07) is 13.4. The molecule has 5 nitrogen and oxygen atoms in total. The van der Waals surface area contributed by atoms with Crippen LogP contribution in [-0.4, -0.2) is 22.1 Å². The summed E-state index contributed by atoms with van der Waals surface area (Å²) in [5, 5.41) is 3.26. The van der Waals surface area contributed by atoms with E-state index in [0.717, 1.165) is 34.9 Å². The molecule has 1 aliphatic rings. The minimum absolute atomic E-state index is 0.122. The van der Waals surface area contributed by atoms with Crippen LogP contribution in [0.25, 0.3) is 0 Å². The number of benzene rings is 1. The number of hydrogen-bond acceptors (Lipinski definition) is 4. The van der Waals surface area contributed by atoms with Crippen LogP contribution in [0.1, 0.15) is 47.3 Å². The molecule has 0 bridgehead atoms. The molecule has 1 atom stereocenters. The van der Waals surface area contributed by atoms with Gasteiger partial charge < -0.3 is 14.6 Å². The molecule has 29 heavy (non-hydrogen) atoms. The number of anilines is 1. The first-order valence-electron chi connectivity index (χ1n) is 9.87. The lowest BCUT2D eigenvalue weighted by Crippen LogP contribution is -2.13. The summed E-state index contributed by atoms with van der Waals surface area (Å²) in [6.45, 7) is 4.99. The lowest BCUT2D eigenvalue weighted by atomic mass is 10.1. The Labute approximate surface area is 175 Å². The number of rotatable bonds is 7. The Morgan fingerprint density at radius 1 is 1.31 bits per heavy atom. The summed E-state index contributed by atoms with van der Waals surface area (Å²) in [7, 11) is 0. The van der Waals surface area contributed by atoms with Gasteiger partial charge in [-0.05, 0) is 42.7 Å². The number of hydrogen-bond donors (Lipinski definition) is 1. The number of carbonyl (C=O) groups excluding carboxylic acids is 1. The van der Waals surface area contributed by atoms with E-state index in [1.165, 1.54) is 0 Å². The summed E-state index contributed by atoms with van der Waals surface area (Å²) in [5.74, 6) is 2.04. The van der Waals surface area contributed by atoms with Crippen molar-refractivity contribution in [2.75, 3.05) is 11.9 Å². The van der Waals surface area contributed by atoms with Crippen molar-refractivity contribution in [3.63, 3.8) is 0 Å². The Balaban J connectivity index is 1.45. The zero-order valence-electron chi connectivity index (χ0n) is 16.7. The van der Waals surface area contributed by atoms with E-state index in [9.17, 15) is 4.79 Å². The zero-order valence-corrected chi connectivity index (χ0v) is 17.5. The highest BCUT2D eigenvalue weighted by molar-refractivity contribution is 7.99. The van der Waals surface area contributed by atoms with Gasteiger partial charge in [-0.25, -0.2) is 0 Å². The molecule has 3 aromatic rings. The molecule has 3 heterocycles. The predicted molar refractivity (Wildman–Crippen MR) is 117 cm³/mol. The second-order valence-electron chi connectivity index (χ2n) is 7.55. The number of pyridine rings is 1. The molecule has 0 spiro atoms. The van der Waals surface area contributed by atoms with E-state index in [4.69, 9.17) is 4.74 Å². The van der Waals surface area contributed by atoms with Gasteiger partial charge in [-0.1, -0.05) is 26.0 Å². The van der Waals surface area contributed by atoms with E-state index in [-0.39, 0.29) is 11.3 Å². The molecule has 150 valence electrons. The summed E-state index contributed by atoms with van der Waals surface area (Å²) in [6.07, 6.45) is 6.71. The molecule has 1 N–H and O–H groups in total. The van der Waals surface area contributed by atoms with Gasteiger partial charge in [0.05, 0.1) is 18.0 Å². The molecular weight excluding hydrogens is 382 g/mol. The molecule has 0 fully saturated rings. The van der Waals surface area contributed by atoms with Crippen LogP contribution in [0.3, 0.4) is 0 Å². The molecule has 2 aromatic heterocycles. The van der Waals surface area contributed by atoms with Crippen molar-refractivity contribution in [2.24, 2.45) is 5.92 Å². The molecular formula is C23H25N3O2S. The smallest absolute Gasteiger partial charge is 0.255 e. The highest BCUT2D eigenvalue weighted by atomic mass is 32.2. The summed E-state index contributed by atoms with van der Waals surface area (Å²) in [5.41, 5.74) is 3.75. The highest BCUT2D eigenvalue weighted by Gasteiger charge is 2.27. The first kappa shape index (κ1) is 19.6. The average Bonchev–Trinajstić information content (AvgIpc) is 3.31. The van der Waals surface area contributed by atoms with Crippen molar-refractivity contribution in [1.29, 1.82) is 0 Å². The van der Waals surface area contributed by atoms with Crippen molar-refractivity contribution >= 4 is 23.4 Å². The standard InChI is InChI=1S/C23H25N3O2S/c1-16(2)9-12-28-19-7-3-5-17(13-19)22(27)25-20-8-11-26-21(20)15-29-23(26)18-6-4-10-24-14-18/h3-8,10-11,13-14,16,23H,9,12,15H2,1-2H3,(H,25,27). The molecule has 1 amide bonds. The molecule has 6 heteroatoms. The molecule has 1 aromatic carbocycles. The van der Waals surface area contributed by atoms with Crippen LogP contribution in [0.4, 0.5) is 5.69 Å². The number of amides is 1. The maximum Gasteiger partial charge on any atom is 0.255 e. The maximum absolute atomic E-state index is 12.8. The predicted octanol–water partition coefficient (Wildman–Crippen LogP) is 5.35. The van der Waals surface area contributed by atoms with Crippen LogP contribution in [0.2, 0.25) is 0 Å². The first-order valence-corrected chi connectivity index (χ1v) is 10.9. The van der Waals surface area contributed by atoms with Crippen molar-refractivity contribution < 1.29 is 9.53 Å². The summed E-state index contributed by atoms with van der Waals surface area (Å²) >= 11 is 1.83. The summed E-state index contributed by atoms with van der Waals surface area (Å²) in [4.78, 5) is 17.0. The molecule has 1 aliphatic heterocycles. The fourth-order valence-electron chi connectivity index (χ4n) is 3.32. The Hall–Kier alpha value is -2.73. The van der Waals surface area contributed by atoms with Gasteiger partial charge in [0, 0.05) is 35.5 Å². The van der Waals surface area contributed by atoms with Crippen LogP contribution in [0.15, 0.2) is 61.1 Å². The second-order valence-corrected chi connectivity index (χ2v) is 8.61. The van der Waals surface area contributed by atoms with Gasteiger partial charge in [0.2, 0.25) is 0 Å². The number of fused-ring (bicyclic) bond motifs is 1. The van der Waals surface area contributed by atoms with Crippen molar-refractivity contribution in [1.82, 2.24) is 9.55 Å².